The van der Waals surface area contributed by atoms with Crippen molar-refractivity contribution >= 4 is 24.3 Å². The van der Waals surface area contributed by atoms with Gasteiger partial charge in [0.15, 0.2) is 0 Å². The maximum absolute atomic E-state index is 2.48. The molecule has 0 saturated carbocycles. The van der Waals surface area contributed by atoms with E-state index in [1.165, 1.54) is 118 Å². The summed E-state index contributed by atoms with van der Waals surface area (Å²) in [4.78, 5) is 0. The summed E-state index contributed by atoms with van der Waals surface area (Å²) in [6, 6.07) is 44.4. The highest BCUT2D eigenvalue weighted by atomic mass is 14.2. The van der Waals surface area contributed by atoms with E-state index in [1.807, 2.05) is 0 Å². The van der Waals surface area contributed by atoms with Gasteiger partial charge in [-0.05, 0) is 166 Å². The quantitative estimate of drug-likeness (QED) is 0.148. The zero-order valence-corrected chi connectivity index (χ0v) is 31.5. The molecule has 266 valence electrons. The second-order valence-electron chi connectivity index (χ2n) is 15.7. The Morgan fingerprint density at radius 2 is 0.630 bits per heavy atom. The predicted molar refractivity (Wildman–Crippen MR) is 230 cm³/mol. The Balaban J connectivity index is 0.0000000954. The molecule has 0 aromatic heterocycles. The van der Waals surface area contributed by atoms with E-state index in [0.29, 0.717) is 0 Å². The number of rotatable bonds is 0. The lowest BCUT2D eigenvalue weighted by Crippen LogP contribution is -1.90. The van der Waals surface area contributed by atoms with E-state index < -0.39 is 0 Å². The molecule has 0 radical (unpaired) electrons. The predicted octanol–water partition coefficient (Wildman–Crippen LogP) is 12.6. The van der Waals surface area contributed by atoms with Gasteiger partial charge in [-0.25, -0.2) is 0 Å². The minimum atomic E-state index is 1.04. The van der Waals surface area contributed by atoms with Crippen LogP contribution in [0.2, 0.25) is 0 Å². The molecular formula is C54H50. The third-order valence-corrected chi connectivity index (χ3v) is 12.2. The van der Waals surface area contributed by atoms with Gasteiger partial charge in [-0.2, -0.15) is 0 Å². The maximum Gasteiger partial charge on any atom is -0.00139 e. The van der Waals surface area contributed by atoms with E-state index in [1.54, 1.807) is 22.3 Å². The first kappa shape index (κ1) is 34.3. The minimum absolute atomic E-state index is 1.04. The molecule has 0 heteroatoms. The van der Waals surface area contributed by atoms with Gasteiger partial charge in [-0.15, -0.1) is 0 Å². The average molecular weight is 699 g/mol. The van der Waals surface area contributed by atoms with E-state index >= 15 is 0 Å². The molecule has 0 spiro atoms. The highest BCUT2D eigenvalue weighted by Gasteiger charge is 2.17. The third kappa shape index (κ3) is 7.62. The Labute approximate surface area is 322 Å². The van der Waals surface area contributed by atoms with Crippen molar-refractivity contribution in [2.45, 2.75) is 77.0 Å². The van der Waals surface area contributed by atoms with Gasteiger partial charge in [0.1, 0.15) is 0 Å². The first-order chi connectivity index (χ1) is 26.7. The molecule has 0 atom stereocenters. The highest BCUT2D eigenvalue weighted by molar-refractivity contribution is 5.75. The van der Waals surface area contributed by atoms with Crippen molar-refractivity contribution in [3.05, 3.63) is 222 Å². The SMILES string of the molecule is C1=Cc2cc3c(cc2C1)C=CC3.C1=Cc2ccccc2Cc2ccccc21.c1c2c(cc3c1CCC3)CCC2.c1ccc2c(c1)CCc1ccccc1C2. The molecule has 0 fully saturated rings. The fourth-order valence-electron chi connectivity index (χ4n) is 9.20. The normalized spacial score (nSPS) is 15.4. The third-order valence-electron chi connectivity index (χ3n) is 12.2. The van der Waals surface area contributed by atoms with Crippen LogP contribution in [-0.2, 0) is 64.2 Å². The Morgan fingerprint density at radius 3 is 1.07 bits per heavy atom. The lowest BCUT2D eigenvalue weighted by molar-refractivity contribution is 0.897. The Bertz CT molecular complexity index is 2200. The number of hydrogen-bond acceptors (Lipinski definition) is 0. The Morgan fingerprint density at radius 1 is 0.259 bits per heavy atom. The molecule has 6 aromatic rings. The fraction of sp³-hybridized carbons (Fsp3) is 0.222. The van der Waals surface area contributed by atoms with Crippen LogP contribution in [0.15, 0.2) is 133 Å². The molecule has 0 bridgehead atoms. The van der Waals surface area contributed by atoms with Crippen LogP contribution in [0.1, 0.15) is 102 Å². The minimum Gasteiger partial charge on any atom is -0.0795 e. The van der Waals surface area contributed by atoms with Crippen molar-refractivity contribution < 1.29 is 0 Å². The summed E-state index contributed by atoms with van der Waals surface area (Å²) < 4.78 is 0. The first-order valence-electron chi connectivity index (χ1n) is 20.3. The van der Waals surface area contributed by atoms with Gasteiger partial charge in [0.05, 0.1) is 0 Å². The molecule has 0 aliphatic heterocycles. The fourth-order valence-corrected chi connectivity index (χ4v) is 9.20. The molecule has 6 aromatic carbocycles. The van der Waals surface area contributed by atoms with Crippen LogP contribution in [0.3, 0.4) is 0 Å². The molecule has 0 N–H and O–H groups in total. The Hall–Kier alpha value is -5.46. The second kappa shape index (κ2) is 15.9. The molecule has 0 saturated heterocycles. The second-order valence-corrected chi connectivity index (χ2v) is 15.7. The summed E-state index contributed by atoms with van der Waals surface area (Å²) in [5.41, 5.74) is 24.0. The molecular weight excluding hydrogens is 649 g/mol. The van der Waals surface area contributed by atoms with Gasteiger partial charge < -0.3 is 0 Å². The van der Waals surface area contributed by atoms with Crippen LogP contribution in [-0.4, -0.2) is 0 Å². The monoisotopic (exact) mass is 698 g/mol. The van der Waals surface area contributed by atoms with Gasteiger partial charge in [0, 0.05) is 0 Å². The van der Waals surface area contributed by atoms with Crippen LogP contribution in [0.5, 0.6) is 0 Å². The van der Waals surface area contributed by atoms with Crippen molar-refractivity contribution in [3.63, 3.8) is 0 Å². The summed E-state index contributed by atoms with van der Waals surface area (Å²) in [6.45, 7) is 0. The van der Waals surface area contributed by atoms with Crippen LogP contribution in [0.4, 0.5) is 0 Å². The highest BCUT2D eigenvalue weighted by Crippen LogP contribution is 2.31. The average Bonchev–Trinajstić information content (AvgIpc) is 4.02. The van der Waals surface area contributed by atoms with Crippen molar-refractivity contribution in [1.29, 1.82) is 0 Å². The Kier molecular flexibility index (Phi) is 10.1. The maximum atomic E-state index is 2.48. The number of aryl methyl sites for hydroxylation is 6. The molecule has 6 aliphatic carbocycles. The zero-order chi connectivity index (χ0) is 36.1. The summed E-state index contributed by atoms with van der Waals surface area (Å²) in [5, 5.41) is 0. The van der Waals surface area contributed by atoms with E-state index in [9.17, 15) is 0 Å². The number of fused-ring (bicyclic) bond motifs is 8. The van der Waals surface area contributed by atoms with Crippen molar-refractivity contribution in [2.24, 2.45) is 0 Å². The molecule has 6 aliphatic rings. The molecule has 0 amide bonds. The first-order valence-corrected chi connectivity index (χ1v) is 20.3. The smallest absolute Gasteiger partial charge is 0.00139 e. The lowest BCUT2D eigenvalue weighted by Gasteiger charge is -2.04. The summed E-state index contributed by atoms with van der Waals surface area (Å²) in [5.74, 6) is 0. The number of benzene rings is 6. The lowest BCUT2D eigenvalue weighted by atomic mass is 10.0. The van der Waals surface area contributed by atoms with Crippen molar-refractivity contribution in [3.8, 4) is 0 Å². The van der Waals surface area contributed by atoms with Gasteiger partial charge in [0.2, 0.25) is 0 Å². The van der Waals surface area contributed by atoms with Crippen LogP contribution < -0.4 is 0 Å². The van der Waals surface area contributed by atoms with Crippen molar-refractivity contribution in [1.82, 2.24) is 0 Å². The summed E-state index contributed by atoms with van der Waals surface area (Å²) >= 11 is 0. The number of hydrogen-bond donors (Lipinski definition) is 0. The molecule has 0 nitrogen and oxygen atoms in total. The summed E-state index contributed by atoms with van der Waals surface area (Å²) in [7, 11) is 0. The molecule has 0 unspecified atom stereocenters. The van der Waals surface area contributed by atoms with E-state index in [0.717, 1.165) is 25.7 Å². The van der Waals surface area contributed by atoms with Gasteiger partial charge in [-0.1, -0.05) is 158 Å². The van der Waals surface area contributed by atoms with Gasteiger partial charge >= 0.3 is 0 Å². The molecule has 54 heavy (non-hydrogen) atoms. The summed E-state index contributed by atoms with van der Waals surface area (Å²) in [6.07, 6.45) is 28.2. The van der Waals surface area contributed by atoms with E-state index in [-0.39, 0.29) is 0 Å². The van der Waals surface area contributed by atoms with E-state index in [4.69, 9.17) is 0 Å². The van der Waals surface area contributed by atoms with Crippen LogP contribution >= 0.6 is 0 Å². The van der Waals surface area contributed by atoms with Gasteiger partial charge in [-0.3, -0.25) is 0 Å². The largest absolute Gasteiger partial charge is 0.0795 e. The molecule has 0 heterocycles. The van der Waals surface area contributed by atoms with Crippen LogP contribution in [0, 0.1) is 0 Å². The number of allylic oxidation sites excluding steroid dienone is 2. The van der Waals surface area contributed by atoms with E-state index in [2.05, 4.69) is 158 Å². The molecule has 12 rings (SSSR count). The zero-order valence-electron chi connectivity index (χ0n) is 31.5. The van der Waals surface area contributed by atoms with Crippen LogP contribution in [0.25, 0.3) is 24.3 Å². The standard InChI is InChI=1S/C15H14.C15H12.C12H14.C12H10/c2*1-3-7-14-11-15-8-4-2-6-13(15)10-9-12(14)5-1;2*1-3-9-7-11-5-2-6-12(11)8-10(9)4-1/h1-8H,9-11H2;1-10H,11H2;7-8H,1-6H2;1-3,6-8H,4-5H2. The van der Waals surface area contributed by atoms with Crippen molar-refractivity contribution in [2.75, 3.05) is 0 Å². The topological polar surface area (TPSA) is 0 Å². The van der Waals surface area contributed by atoms with Gasteiger partial charge in [0.25, 0.3) is 0 Å².